The Kier molecular flexibility index (Phi) is 7.86. The van der Waals surface area contributed by atoms with Crippen molar-refractivity contribution in [3.8, 4) is 0 Å². The average molecular weight is 635 g/mol. The van der Waals surface area contributed by atoms with E-state index in [9.17, 15) is 19.2 Å². The highest BCUT2D eigenvalue weighted by Gasteiger charge is 2.52. The Labute approximate surface area is 275 Å². The standard InChI is InChI=1S/C37H42N6O4/c1-23(44)43-29-12-13-30(43)19-36(2,18-29)35(47)42(21-26-8-5-4-7-25(26)20-38-3)22-32(45)40-28-11-10-24-16-37(17-27(24)15-28)31-9-6-14-39-33(31)41-34(37)46/h4-11,14-15,29-30,38H,12-13,16-22H2,1-3H3,(H,40,45)(H,39,41,46)/t29?,30?,36?,37-/m1/s1. The zero-order valence-corrected chi connectivity index (χ0v) is 27.3. The van der Waals surface area contributed by atoms with Crippen LogP contribution in [0.5, 0.6) is 0 Å². The van der Waals surface area contributed by atoms with Gasteiger partial charge in [-0.05, 0) is 86.0 Å². The number of nitrogens with zero attached hydrogens (tertiary/aromatic N) is 3. The monoisotopic (exact) mass is 634 g/mol. The average Bonchev–Trinajstić information content (AvgIpc) is 3.66. The van der Waals surface area contributed by atoms with Crippen molar-refractivity contribution in [2.75, 3.05) is 24.2 Å². The first-order valence-corrected chi connectivity index (χ1v) is 16.6. The maximum atomic E-state index is 14.5. The van der Waals surface area contributed by atoms with Crippen molar-refractivity contribution in [2.45, 2.75) is 83.0 Å². The van der Waals surface area contributed by atoms with Gasteiger partial charge >= 0.3 is 0 Å². The van der Waals surface area contributed by atoms with Crippen molar-refractivity contribution in [1.29, 1.82) is 0 Å². The van der Waals surface area contributed by atoms with E-state index in [1.54, 1.807) is 18.0 Å². The summed E-state index contributed by atoms with van der Waals surface area (Å²) in [4.78, 5) is 61.8. The topological polar surface area (TPSA) is 124 Å². The number of carbonyl (C=O) groups excluding carboxylic acids is 4. The molecule has 10 heteroatoms. The Balaban J connectivity index is 1.11. The number of hydrogen-bond donors (Lipinski definition) is 3. The maximum Gasteiger partial charge on any atom is 0.244 e. The maximum absolute atomic E-state index is 14.5. The summed E-state index contributed by atoms with van der Waals surface area (Å²) in [5.74, 6) is 0.310. The summed E-state index contributed by atoms with van der Waals surface area (Å²) >= 11 is 0. The van der Waals surface area contributed by atoms with Crippen LogP contribution in [0.15, 0.2) is 60.8 Å². The van der Waals surface area contributed by atoms with Crippen LogP contribution in [0.1, 0.15) is 67.3 Å². The zero-order chi connectivity index (χ0) is 32.9. The minimum atomic E-state index is -0.689. The SMILES string of the molecule is CNCc1ccccc1CN(CC(=O)Nc1ccc2c(c1)C[C@@]1(C2)C(=O)Nc2ncccc21)C(=O)C1(C)CC2CCC(C1)N2C(C)=O. The lowest BCUT2D eigenvalue weighted by molar-refractivity contribution is -0.151. The third kappa shape index (κ3) is 5.48. The molecule has 47 heavy (non-hydrogen) atoms. The zero-order valence-electron chi connectivity index (χ0n) is 27.3. The molecule has 3 aromatic rings. The minimum Gasteiger partial charge on any atom is -0.337 e. The molecule has 3 aliphatic heterocycles. The number of piperidine rings is 1. The first-order valence-electron chi connectivity index (χ1n) is 16.6. The Morgan fingerprint density at radius 1 is 1.00 bits per heavy atom. The van der Waals surface area contributed by atoms with Gasteiger partial charge < -0.3 is 25.8 Å². The van der Waals surface area contributed by atoms with Crippen molar-refractivity contribution >= 4 is 35.1 Å². The van der Waals surface area contributed by atoms with E-state index in [-0.39, 0.29) is 42.3 Å². The number of pyridine rings is 1. The Morgan fingerprint density at radius 2 is 1.72 bits per heavy atom. The molecule has 4 aliphatic rings. The fraction of sp³-hybridized carbons (Fsp3) is 0.432. The van der Waals surface area contributed by atoms with E-state index in [1.165, 1.54) is 0 Å². The van der Waals surface area contributed by atoms with Gasteiger partial charge in [0.2, 0.25) is 23.6 Å². The largest absolute Gasteiger partial charge is 0.337 e. The number of anilines is 2. The summed E-state index contributed by atoms with van der Waals surface area (Å²) in [5.41, 5.74) is 4.34. The van der Waals surface area contributed by atoms with Gasteiger partial charge in [0.05, 0.1) is 10.8 Å². The molecule has 7 rings (SSSR count). The predicted molar refractivity (Wildman–Crippen MR) is 178 cm³/mol. The van der Waals surface area contributed by atoms with Crippen LogP contribution in [-0.2, 0) is 50.5 Å². The Hall–Kier alpha value is -4.57. The number of hydrogen-bond acceptors (Lipinski definition) is 6. The molecule has 4 heterocycles. The first-order chi connectivity index (χ1) is 22.6. The number of aromatic nitrogens is 1. The van der Waals surface area contributed by atoms with Gasteiger partial charge in [-0.3, -0.25) is 19.2 Å². The molecule has 1 spiro atoms. The molecule has 0 saturated carbocycles. The van der Waals surface area contributed by atoms with Crippen molar-refractivity contribution in [3.05, 3.63) is 88.6 Å². The molecule has 2 unspecified atom stereocenters. The van der Waals surface area contributed by atoms with E-state index in [0.29, 0.717) is 50.3 Å². The van der Waals surface area contributed by atoms with Crippen molar-refractivity contribution in [2.24, 2.45) is 5.41 Å². The van der Waals surface area contributed by atoms with Gasteiger partial charge in [-0.1, -0.05) is 43.3 Å². The lowest BCUT2D eigenvalue weighted by Crippen LogP contribution is -2.55. The number of rotatable bonds is 8. The fourth-order valence-corrected chi connectivity index (χ4v) is 8.75. The second kappa shape index (κ2) is 11.9. The van der Waals surface area contributed by atoms with E-state index in [1.807, 2.05) is 73.5 Å². The lowest BCUT2D eigenvalue weighted by atomic mass is 9.75. The summed E-state index contributed by atoms with van der Waals surface area (Å²) in [5, 5.41) is 9.20. The van der Waals surface area contributed by atoms with Crippen LogP contribution in [0.4, 0.5) is 11.5 Å². The molecule has 2 saturated heterocycles. The highest BCUT2D eigenvalue weighted by atomic mass is 16.2. The van der Waals surface area contributed by atoms with Gasteiger partial charge in [0.15, 0.2) is 0 Å². The third-order valence-corrected chi connectivity index (χ3v) is 10.8. The summed E-state index contributed by atoms with van der Waals surface area (Å²) in [6.07, 6.45) is 5.79. The van der Waals surface area contributed by atoms with Crippen molar-refractivity contribution < 1.29 is 19.2 Å². The van der Waals surface area contributed by atoms with Gasteiger partial charge in [-0.25, -0.2) is 4.98 Å². The number of benzene rings is 2. The van der Waals surface area contributed by atoms with Crippen LogP contribution in [0.2, 0.25) is 0 Å². The molecule has 0 radical (unpaired) electrons. The van der Waals surface area contributed by atoms with Gasteiger partial charge in [-0.2, -0.15) is 0 Å². The smallest absolute Gasteiger partial charge is 0.244 e. The van der Waals surface area contributed by atoms with E-state index in [0.717, 1.165) is 40.7 Å². The molecule has 2 fully saturated rings. The normalized spacial score (nSPS) is 25.3. The van der Waals surface area contributed by atoms with Gasteiger partial charge in [0, 0.05) is 49.5 Å². The second-order valence-corrected chi connectivity index (χ2v) is 14.1. The van der Waals surface area contributed by atoms with Gasteiger partial charge in [-0.15, -0.1) is 0 Å². The molecule has 1 aromatic heterocycles. The highest BCUT2D eigenvalue weighted by Crippen LogP contribution is 2.48. The van der Waals surface area contributed by atoms with E-state index >= 15 is 0 Å². The van der Waals surface area contributed by atoms with Crippen molar-refractivity contribution in [3.63, 3.8) is 0 Å². The molecule has 10 nitrogen and oxygen atoms in total. The second-order valence-electron chi connectivity index (χ2n) is 14.1. The number of fused-ring (bicyclic) bond motifs is 5. The van der Waals surface area contributed by atoms with E-state index in [4.69, 9.17) is 0 Å². The van der Waals surface area contributed by atoms with Crippen molar-refractivity contribution in [1.82, 2.24) is 20.1 Å². The Morgan fingerprint density at radius 3 is 2.45 bits per heavy atom. The quantitative estimate of drug-likeness (QED) is 0.345. The van der Waals surface area contributed by atoms with Crippen LogP contribution in [0.25, 0.3) is 0 Å². The minimum absolute atomic E-state index is 0.0447. The molecule has 4 amide bonds. The van der Waals surface area contributed by atoms with Crippen LogP contribution in [-0.4, -0.2) is 64.1 Å². The molecular formula is C37H42N6O4. The number of nitrogens with one attached hydrogen (secondary N) is 3. The molecule has 2 bridgehead atoms. The molecule has 1 aliphatic carbocycles. The summed E-state index contributed by atoms with van der Waals surface area (Å²) in [6, 6.07) is 17.7. The molecule has 244 valence electrons. The predicted octanol–water partition coefficient (Wildman–Crippen LogP) is 3.94. The fourth-order valence-electron chi connectivity index (χ4n) is 8.75. The summed E-state index contributed by atoms with van der Waals surface area (Å²) in [7, 11) is 1.89. The molecule has 3 N–H and O–H groups in total. The molecule has 2 aromatic carbocycles. The summed E-state index contributed by atoms with van der Waals surface area (Å²) in [6.45, 7) is 4.47. The van der Waals surface area contributed by atoms with Gasteiger partial charge in [0.25, 0.3) is 0 Å². The molecular weight excluding hydrogens is 592 g/mol. The first kappa shape index (κ1) is 31.1. The van der Waals surface area contributed by atoms with Crippen LogP contribution < -0.4 is 16.0 Å². The lowest BCUT2D eigenvalue weighted by Gasteiger charge is -2.45. The number of amides is 4. The third-order valence-electron chi connectivity index (χ3n) is 10.8. The van der Waals surface area contributed by atoms with Gasteiger partial charge in [0.1, 0.15) is 12.4 Å². The van der Waals surface area contributed by atoms with Crippen LogP contribution in [0, 0.1) is 5.41 Å². The van der Waals surface area contributed by atoms with E-state index in [2.05, 4.69) is 20.9 Å². The van der Waals surface area contributed by atoms with E-state index < -0.39 is 10.8 Å². The molecule has 3 atom stereocenters. The highest BCUT2D eigenvalue weighted by molar-refractivity contribution is 6.06. The Bertz CT molecular complexity index is 1760. The number of carbonyl (C=O) groups is 4. The van der Waals surface area contributed by atoms with Crippen LogP contribution >= 0.6 is 0 Å². The summed E-state index contributed by atoms with van der Waals surface area (Å²) < 4.78 is 0. The van der Waals surface area contributed by atoms with Crippen LogP contribution in [0.3, 0.4) is 0 Å².